The van der Waals surface area contributed by atoms with Crippen LogP contribution in [0.3, 0.4) is 0 Å². The molecule has 0 spiro atoms. The molecule has 0 aliphatic rings. The molecule has 0 unspecified atom stereocenters. The molecule has 0 aliphatic heterocycles. The van der Waals surface area contributed by atoms with Gasteiger partial charge in [-0.25, -0.2) is 4.68 Å². The lowest BCUT2D eigenvalue weighted by Crippen LogP contribution is -2.32. The molecule has 0 aliphatic carbocycles. The molecule has 7 nitrogen and oxygen atoms in total. The summed E-state index contributed by atoms with van der Waals surface area (Å²) in [7, 11) is 1.62. The van der Waals surface area contributed by atoms with E-state index >= 15 is 0 Å². The van der Waals surface area contributed by atoms with Gasteiger partial charge in [-0.1, -0.05) is 42.5 Å². The second kappa shape index (κ2) is 7.36. The molecule has 0 radical (unpaired) electrons. The Labute approximate surface area is 139 Å². The fraction of sp³-hybridized carbons (Fsp3) is 0.176. The zero-order valence-corrected chi connectivity index (χ0v) is 13.2. The average molecular weight is 323 g/mol. The van der Waals surface area contributed by atoms with Crippen LogP contribution >= 0.6 is 0 Å². The summed E-state index contributed by atoms with van der Waals surface area (Å²) in [5.74, 6) is 0.595. The van der Waals surface area contributed by atoms with Crippen molar-refractivity contribution in [1.29, 1.82) is 0 Å². The third-order valence-corrected chi connectivity index (χ3v) is 3.58. The summed E-state index contributed by atoms with van der Waals surface area (Å²) in [6, 6.07) is 17.1. The van der Waals surface area contributed by atoms with E-state index in [-0.39, 0.29) is 18.5 Å². The number of nitrogens with zero attached hydrogens (tertiary/aromatic N) is 4. The van der Waals surface area contributed by atoms with E-state index in [4.69, 9.17) is 4.74 Å². The van der Waals surface area contributed by atoms with E-state index in [0.717, 1.165) is 16.9 Å². The number of rotatable bonds is 6. The third kappa shape index (κ3) is 3.75. The highest BCUT2D eigenvalue weighted by Gasteiger charge is 2.17. The summed E-state index contributed by atoms with van der Waals surface area (Å²) in [5, 5.41) is 13.8. The number of methoxy groups -OCH3 is 1. The molecular weight excluding hydrogens is 306 g/mol. The van der Waals surface area contributed by atoms with Crippen LogP contribution in [0.2, 0.25) is 0 Å². The summed E-state index contributed by atoms with van der Waals surface area (Å²) < 4.78 is 6.57. The summed E-state index contributed by atoms with van der Waals surface area (Å²) in [6.07, 6.45) is 1.41. The van der Waals surface area contributed by atoms with Crippen molar-refractivity contribution in [2.45, 2.75) is 12.6 Å². The van der Waals surface area contributed by atoms with Gasteiger partial charge in [-0.05, 0) is 33.7 Å². The van der Waals surface area contributed by atoms with Crippen molar-refractivity contribution in [2.24, 2.45) is 0 Å². The van der Waals surface area contributed by atoms with Gasteiger partial charge in [-0.3, -0.25) is 4.79 Å². The Hall–Kier alpha value is -3.22. The first-order chi connectivity index (χ1) is 11.8. The summed E-state index contributed by atoms with van der Waals surface area (Å²) in [6.45, 7) is 0.0620. The van der Waals surface area contributed by atoms with E-state index in [9.17, 15) is 4.79 Å². The number of hydrogen-bond acceptors (Lipinski definition) is 5. The monoisotopic (exact) mass is 323 g/mol. The van der Waals surface area contributed by atoms with Crippen molar-refractivity contribution in [2.75, 3.05) is 7.11 Å². The summed E-state index contributed by atoms with van der Waals surface area (Å²) in [4.78, 5) is 12.3. The Morgan fingerprint density at radius 1 is 1.12 bits per heavy atom. The highest BCUT2D eigenvalue weighted by atomic mass is 16.5. The highest BCUT2D eigenvalue weighted by molar-refractivity contribution is 5.76. The SMILES string of the molecule is COc1ccc([C@@H](NC(=O)Cn2cnnn2)c2ccccc2)cc1. The van der Waals surface area contributed by atoms with E-state index in [1.807, 2.05) is 54.6 Å². The number of hydrogen-bond donors (Lipinski definition) is 1. The van der Waals surface area contributed by atoms with Gasteiger partial charge in [0.25, 0.3) is 0 Å². The number of nitrogens with one attached hydrogen (secondary N) is 1. The van der Waals surface area contributed by atoms with Crippen molar-refractivity contribution in [3.8, 4) is 5.75 Å². The molecule has 0 saturated carbocycles. The van der Waals surface area contributed by atoms with Crippen LogP contribution in [0.5, 0.6) is 5.75 Å². The second-order valence-electron chi connectivity index (χ2n) is 5.19. The van der Waals surface area contributed by atoms with E-state index < -0.39 is 0 Å². The van der Waals surface area contributed by atoms with E-state index in [1.54, 1.807) is 7.11 Å². The van der Waals surface area contributed by atoms with Crippen LogP contribution in [0.15, 0.2) is 60.9 Å². The molecule has 1 heterocycles. The minimum Gasteiger partial charge on any atom is -0.497 e. The Morgan fingerprint density at radius 2 is 1.83 bits per heavy atom. The largest absolute Gasteiger partial charge is 0.497 e. The van der Waals surface area contributed by atoms with Gasteiger partial charge in [-0.2, -0.15) is 0 Å². The normalized spacial score (nSPS) is 11.7. The molecule has 1 atom stereocenters. The zero-order chi connectivity index (χ0) is 16.8. The summed E-state index contributed by atoms with van der Waals surface area (Å²) in [5.41, 5.74) is 1.96. The van der Waals surface area contributed by atoms with Crippen LogP contribution in [0.25, 0.3) is 0 Å². The molecule has 122 valence electrons. The Bertz CT molecular complexity index is 773. The standard InChI is InChI=1S/C17H17N5O2/c1-24-15-9-7-14(8-10-15)17(13-5-3-2-4-6-13)19-16(23)11-22-12-18-20-21-22/h2-10,12,17H,11H2,1H3,(H,19,23)/t17-/m0/s1. The van der Waals surface area contributed by atoms with Gasteiger partial charge in [0.05, 0.1) is 13.2 Å². The minimum absolute atomic E-state index is 0.0620. The Kier molecular flexibility index (Phi) is 4.81. The smallest absolute Gasteiger partial charge is 0.242 e. The lowest BCUT2D eigenvalue weighted by molar-refractivity contribution is -0.122. The molecule has 0 bridgehead atoms. The molecular formula is C17H17N5O2. The van der Waals surface area contributed by atoms with Gasteiger partial charge in [0, 0.05) is 0 Å². The predicted molar refractivity (Wildman–Crippen MR) is 87.2 cm³/mol. The zero-order valence-electron chi connectivity index (χ0n) is 13.2. The topological polar surface area (TPSA) is 81.9 Å². The van der Waals surface area contributed by atoms with Crippen LogP contribution in [-0.4, -0.2) is 33.2 Å². The molecule has 2 aromatic carbocycles. The van der Waals surface area contributed by atoms with Gasteiger partial charge in [0.2, 0.25) is 5.91 Å². The van der Waals surface area contributed by atoms with Gasteiger partial charge in [-0.15, -0.1) is 5.10 Å². The number of carbonyl (C=O) groups excluding carboxylic acids is 1. The molecule has 24 heavy (non-hydrogen) atoms. The number of carbonyl (C=O) groups is 1. The quantitative estimate of drug-likeness (QED) is 0.745. The van der Waals surface area contributed by atoms with Crippen LogP contribution in [0.4, 0.5) is 0 Å². The lowest BCUT2D eigenvalue weighted by Gasteiger charge is -2.20. The van der Waals surface area contributed by atoms with E-state index in [1.165, 1.54) is 11.0 Å². The lowest BCUT2D eigenvalue weighted by atomic mass is 9.98. The molecule has 0 fully saturated rings. The number of aromatic nitrogens is 4. The van der Waals surface area contributed by atoms with E-state index in [2.05, 4.69) is 20.8 Å². The first-order valence-corrected chi connectivity index (χ1v) is 7.45. The minimum atomic E-state index is -0.263. The summed E-state index contributed by atoms with van der Waals surface area (Å²) >= 11 is 0. The molecule has 7 heteroatoms. The molecule has 0 saturated heterocycles. The molecule has 1 aromatic heterocycles. The van der Waals surface area contributed by atoms with Crippen molar-refractivity contribution in [3.63, 3.8) is 0 Å². The van der Waals surface area contributed by atoms with Crippen LogP contribution in [0.1, 0.15) is 17.2 Å². The van der Waals surface area contributed by atoms with Gasteiger partial charge in [0.15, 0.2) is 0 Å². The molecule has 3 rings (SSSR count). The average Bonchev–Trinajstić information content (AvgIpc) is 3.13. The van der Waals surface area contributed by atoms with Crippen molar-refractivity contribution in [3.05, 3.63) is 72.1 Å². The third-order valence-electron chi connectivity index (χ3n) is 3.58. The van der Waals surface area contributed by atoms with Crippen LogP contribution < -0.4 is 10.1 Å². The van der Waals surface area contributed by atoms with Crippen molar-refractivity contribution >= 4 is 5.91 Å². The van der Waals surface area contributed by atoms with Gasteiger partial charge in [0.1, 0.15) is 18.6 Å². The van der Waals surface area contributed by atoms with E-state index in [0.29, 0.717) is 0 Å². The van der Waals surface area contributed by atoms with Gasteiger partial charge >= 0.3 is 0 Å². The Balaban J connectivity index is 1.83. The van der Waals surface area contributed by atoms with Gasteiger partial charge < -0.3 is 10.1 Å². The first kappa shape index (κ1) is 15.7. The molecule has 1 N–H and O–H groups in total. The maximum Gasteiger partial charge on any atom is 0.242 e. The fourth-order valence-electron chi connectivity index (χ4n) is 2.41. The first-order valence-electron chi connectivity index (χ1n) is 7.45. The van der Waals surface area contributed by atoms with Crippen molar-refractivity contribution < 1.29 is 9.53 Å². The Morgan fingerprint density at radius 3 is 2.46 bits per heavy atom. The second-order valence-corrected chi connectivity index (χ2v) is 5.19. The number of benzene rings is 2. The fourth-order valence-corrected chi connectivity index (χ4v) is 2.41. The predicted octanol–water partition coefficient (Wildman–Crippen LogP) is 1.59. The highest BCUT2D eigenvalue weighted by Crippen LogP contribution is 2.24. The maximum atomic E-state index is 12.3. The molecule has 3 aromatic rings. The van der Waals surface area contributed by atoms with Crippen LogP contribution in [-0.2, 0) is 11.3 Å². The van der Waals surface area contributed by atoms with Crippen LogP contribution in [0, 0.1) is 0 Å². The van der Waals surface area contributed by atoms with Crippen molar-refractivity contribution in [1.82, 2.24) is 25.5 Å². The molecule has 1 amide bonds. The number of amides is 1. The number of ether oxygens (including phenoxy) is 1. The maximum absolute atomic E-state index is 12.3. The number of tetrazole rings is 1.